The first-order valence-electron chi connectivity index (χ1n) is 8.88. The Morgan fingerprint density at radius 3 is 2.46 bits per heavy atom. The Kier molecular flexibility index (Phi) is 7.39. The van der Waals surface area contributed by atoms with Crippen LogP contribution >= 0.6 is 0 Å². The van der Waals surface area contributed by atoms with E-state index in [1.807, 2.05) is 24.3 Å². The van der Waals surface area contributed by atoms with E-state index in [0.29, 0.717) is 13.0 Å². The minimum absolute atomic E-state index is 0.114. The number of aryl methyl sites for hydroxylation is 1. The smallest absolute Gasteiger partial charge is 0.243 e. The molecule has 0 bridgehead atoms. The Balaban J connectivity index is 1.95. The van der Waals surface area contributed by atoms with Crippen molar-refractivity contribution in [2.75, 3.05) is 24.2 Å². The predicted octanol–water partition coefficient (Wildman–Crippen LogP) is 2.74. The molecule has 8 heteroatoms. The number of rotatable bonds is 9. The van der Waals surface area contributed by atoms with Crippen molar-refractivity contribution in [2.45, 2.75) is 25.8 Å². The summed E-state index contributed by atoms with van der Waals surface area (Å²) in [7, 11) is -2.16. The van der Waals surface area contributed by atoms with Gasteiger partial charge in [0.05, 0.1) is 19.1 Å². The Morgan fingerprint density at radius 2 is 1.89 bits per heavy atom. The highest BCUT2D eigenvalue weighted by atomic mass is 32.2. The molecule has 0 saturated heterocycles. The number of hydrogen-bond donors (Lipinski definition) is 1. The molecule has 0 unspecified atom stereocenters. The quantitative estimate of drug-likeness (QED) is 0.648. The number of nitrogens with zero attached hydrogens (tertiary/aromatic N) is 1. The lowest BCUT2D eigenvalue weighted by molar-refractivity contribution is -0.121. The van der Waals surface area contributed by atoms with Crippen molar-refractivity contribution in [1.29, 1.82) is 0 Å². The summed E-state index contributed by atoms with van der Waals surface area (Å²) < 4.78 is 43.9. The fourth-order valence-electron chi connectivity index (χ4n) is 2.87. The second kappa shape index (κ2) is 9.54. The van der Waals surface area contributed by atoms with Crippen LogP contribution in [0, 0.1) is 5.82 Å². The Labute approximate surface area is 165 Å². The molecule has 0 aliphatic heterocycles. The summed E-state index contributed by atoms with van der Waals surface area (Å²) in [4.78, 5) is 12.5. The van der Waals surface area contributed by atoms with E-state index in [1.165, 1.54) is 25.1 Å². The van der Waals surface area contributed by atoms with Gasteiger partial charge in [0, 0.05) is 6.54 Å². The number of benzene rings is 2. The molecule has 1 amide bonds. The third kappa shape index (κ3) is 5.95. The zero-order valence-electron chi connectivity index (χ0n) is 16.2. The molecule has 0 spiro atoms. The average molecular weight is 408 g/mol. The van der Waals surface area contributed by atoms with Gasteiger partial charge in [-0.15, -0.1) is 0 Å². The summed E-state index contributed by atoms with van der Waals surface area (Å²) >= 11 is 0. The van der Waals surface area contributed by atoms with Gasteiger partial charge in [-0.1, -0.05) is 18.2 Å². The number of methoxy groups -OCH3 is 1. The number of amides is 1. The van der Waals surface area contributed by atoms with Crippen LogP contribution in [-0.4, -0.2) is 40.3 Å². The van der Waals surface area contributed by atoms with Crippen LogP contribution in [0.3, 0.4) is 0 Å². The maximum absolute atomic E-state index is 13.5. The molecule has 1 atom stereocenters. The highest BCUT2D eigenvalue weighted by Gasteiger charge is 2.29. The van der Waals surface area contributed by atoms with E-state index in [4.69, 9.17) is 4.74 Å². The first-order valence-corrected chi connectivity index (χ1v) is 10.7. The minimum atomic E-state index is -3.77. The van der Waals surface area contributed by atoms with E-state index in [1.54, 1.807) is 7.11 Å². The van der Waals surface area contributed by atoms with Crippen molar-refractivity contribution < 1.29 is 22.3 Å². The van der Waals surface area contributed by atoms with Crippen LogP contribution in [0.25, 0.3) is 0 Å². The number of halogens is 1. The van der Waals surface area contributed by atoms with Crippen LogP contribution in [0.2, 0.25) is 0 Å². The molecule has 0 heterocycles. The standard InChI is InChI=1S/C20H25FN2O4S/c1-15(23(28(3,25)26)18-8-4-7-17(21)14-18)20(24)22-13-5-6-16-9-11-19(27-2)12-10-16/h4,7-12,14-15H,5-6,13H2,1-3H3,(H,22,24)/t15-/m1/s1. The first-order chi connectivity index (χ1) is 13.2. The number of hydrogen-bond acceptors (Lipinski definition) is 4. The number of carbonyl (C=O) groups is 1. The molecule has 1 N–H and O–H groups in total. The van der Waals surface area contributed by atoms with Crippen LogP contribution in [0.1, 0.15) is 18.9 Å². The van der Waals surface area contributed by atoms with Crippen LogP contribution in [-0.2, 0) is 21.2 Å². The van der Waals surface area contributed by atoms with Gasteiger partial charge in [0.25, 0.3) is 0 Å². The largest absolute Gasteiger partial charge is 0.497 e. The summed E-state index contributed by atoms with van der Waals surface area (Å²) in [6, 6.07) is 11.8. The summed E-state index contributed by atoms with van der Waals surface area (Å²) in [5, 5.41) is 2.75. The van der Waals surface area contributed by atoms with Gasteiger partial charge in [0.1, 0.15) is 17.6 Å². The molecule has 28 heavy (non-hydrogen) atoms. The van der Waals surface area contributed by atoms with Crippen LogP contribution in [0.5, 0.6) is 5.75 Å². The fourth-order valence-corrected chi connectivity index (χ4v) is 4.03. The summed E-state index contributed by atoms with van der Waals surface area (Å²) in [6.45, 7) is 1.88. The Bertz CT molecular complexity index is 901. The van der Waals surface area contributed by atoms with E-state index in [9.17, 15) is 17.6 Å². The molecule has 2 aromatic rings. The molecule has 2 rings (SSSR count). The van der Waals surface area contributed by atoms with Crippen molar-refractivity contribution in [3.63, 3.8) is 0 Å². The van der Waals surface area contributed by atoms with Crippen LogP contribution in [0.15, 0.2) is 48.5 Å². The molecule has 2 aromatic carbocycles. The molecule has 0 saturated carbocycles. The SMILES string of the molecule is COc1ccc(CCCNC(=O)[C@@H](C)N(c2cccc(F)c2)S(C)(=O)=O)cc1. The van der Waals surface area contributed by atoms with Gasteiger partial charge < -0.3 is 10.1 Å². The molecule has 6 nitrogen and oxygen atoms in total. The highest BCUT2D eigenvalue weighted by Crippen LogP contribution is 2.21. The number of carbonyl (C=O) groups excluding carboxylic acids is 1. The van der Waals surface area contributed by atoms with E-state index >= 15 is 0 Å². The van der Waals surface area contributed by atoms with Crippen molar-refractivity contribution in [2.24, 2.45) is 0 Å². The maximum Gasteiger partial charge on any atom is 0.243 e. The molecule has 0 fully saturated rings. The van der Waals surface area contributed by atoms with Gasteiger partial charge in [-0.2, -0.15) is 0 Å². The average Bonchev–Trinajstić information content (AvgIpc) is 2.64. The first kappa shape index (κ1) is 21.7. The normalized spacial score (nSPS) is 12.3. The Morgan fingerprint density at radius 1 is 1.21 bits per heavy atom. The van der Waals surface area contributed by atoms with E-state index in [0.717, 1.165) is 34.4 Å². The van der Waals surface area contributed by atoms with Gasteiger partial charge in [-0.3, -0.25) is 9.10 Å². The van der Waals surface area contributed by atoms with E-state index < -0.39 is 27.8 Å². The monoisotopic (exact) mass is 408 g/mol. The molecule has 0 radical (unpaired) electrons. The molecule has 152 valence electrons. The second-order valence-electron chi connectivity index (χ2n) is 6.46. The lowest BCUT2D eigenvalue weighted by Gasteiger charge is -2.28. The van der Waals surface area contributed by atoms with Gasteiger partial charge in [0.2, 0.25) is 15.9 Å². The number of sulfonamides is 1. The van der Waals surface area contributed by atoms with Gasteiger partial charge in [-0.05, 0) is 55.7 Å². The van der Waals surface area contributed by atoms with Gasteiger partial charge in [0.15, 0.2) is 0 Å². The number of anilines is 1. The molecular weight excluding hydrogens is 383 g/mol. The van der Waals surface area contributed by atoms with E-state index in [-0.39, 0.29) is 5.69 Å². The minimum Gasteiger partial charge on any atom is -0.497 e. The summed E-state index contributed by atoms with van der Waals surface area (Å²) in [5.74, 6) is -0.230. The maximum atomic E-state index is 13.5. The zero-order valence-corrected chi connectivity index (χ0v) is 17.0. The highest BCUT2D eigenvalue weighted by molar-refractivity contribution is 7.92. The van der Waals surface area contributed by atoms with Crippen LogP contribution in [0.4, 0.5) is 10.1 Å². The van der Waals surface area contributed by atoms with Crippen molar-refractivity contribution in [1.82, 2.24) is 5.32 Å². The second-order valence-corrected chi connectivity index (χ2v) is 8.32. The zero-order chi connectivity index (χ0) is 20.7. The lowest BCUT2D eigenvalue weighted by Crippen LogP contribution is -2.48. The Hall–Kier alpha value is -2.61. The van der Waals surface area contributed by atoms with Crippen molar-refractivity contribution in [3.8, 4) is 5.75 Å². The lowest BCUT2D eigenvalue weighted by atomic mass is 10.1. The topological polar surface area (TPSA) is 75.7 Å². The number of nitrogens with one attached hydrogen (secondary N) is 1. The predicted molar refractivity (Wildman–Crippen MR) is 108 cm³/mol. The summed E-state index contributed by atoms with van der Waals surface area (Å²) in [5.41, 5.74) is 1.23. The summed E-state index contributed by atoms with van der Waals surface area (Å²) in [6.07, 6.45) is 2.45. The fraction of sp³-hybridized carbons (Fsp3) is 0.350. The molecule has 0 aromatic heterocycles. The van der Waals surface area contributed by atoms with Crippen LogP contribution < -0.4 is 14.4 Å². The third-order valence-corrected chi connectivity index (χ3v) is 5.49. The van der Waals surface area contributed by atoms with Gasteiger partial charge in [-0.25, -0.2) is 12.8 Å². The van der Waals surface area contributed by atoms with Crippen molar-refractivity contribution in [3.05, 3.63) is 59.9 Å². The van der Waals surface area contributed by atoms with E-state index in [2.05, 4.69) is 5.32 Å². The van der Waals surface area contributed by atoms with Gasteiger partial charge >= 0.3 is 0 Å². The molecule has 0 aliphatic carbocycles. The molecule has 0 aliphatic rings. The molecular formula is C20H25FN2O4S. The van der Waals surface area contributed by atoms with Crippen molar-refractivity contribution >= 4 is 21.6 Å². The number of ether oxygens (including phenoxy) is 1. The third-order valence-electron chi connectivity index (χ3n) is 4.25.